The Morgan fingerprint density at radius 2 is 0.370 bits per heavy atom. The first kappa shape index (κ1) is 107. The van der Waals surface area contributed by atoms with Crippen molar-refractivity contribution in [1.29, 1.82) is 0 Å². The van der Waals surface area contributed by atoms with Gasteiger partial charge in [0, 0.05) is 29.6 Å². The minimum Gasteiger partial charge on any atom is -0.756 e. The van der Waals surface area contributed by atoms with Gasteiger partial charge in [0.1, 0.15) is 0 Å². The minimum absolute atomic E-state index is 0.135. The van der Waals surface area contributed by atoms with Crippen LogP contribution in [0.15, 0.2) is 0 Å². The Morgan fingerprint density at radius 3 is 0.500 bits per heavy atom. The van der Waals surface area contributed by atoms with Crippen molar-refractivity contribution in [3.05, 3.63) is 0 Å². The Kier molecular flexibility index (Phi) is 58.5. The Labute approximate surface area is 565 Å². The Balaban J connectivity index is -0.000000815. The predicted molar refractivity (Wildman–Crippen MR) is 291 cm³/mol. The third kappa shape index (κ3) is 71.8. The van der Waals surface area contributed by atoms with Crippen LogP contribution in [0.2, 0.25) is 0 Å². The van der Waals surface area contributed by atoms with Gasteiger partial charge >= 0.3 is 0 Å². The number of alkyl halides is 5. The van der Waals surface area contributed by atoms with E-state index in [-0.39, 0.29) is 19.8 Å². The van der Waals surface area contributed by atoms with Crippen LogP contribution in [0.25, 0.3) is 0 Å². The Morgan fingerprint density at radius 1 is 0.240 bits per heavy atom. The lowest BCUT2D eigenvalue weighted by molar-refractivity contribution is -0.238. The summed E-state index contributed by atoms with van der Waals surface area (Å²) >= 11 is 0. The van der Waals surface area contributed by atoms with Gasteiger partial charge in [-0.3, -0.25) is 76.7 Å². The van der Waals surface area contributed by atoms with Gasteiger partial charge in [-0.05, 0) is 20.8 Å². The number of aliphatic hydroxyl groups excluding tert-OH is 1. The van der Waals surface area contributed by atoms with Crippen LogP contribution in [0.5, 0.6) is 0 Å². The van der Waals surface area contributed by atoms with E-state index in [0.717, 1.165) is 0 Å². The molecule has 0 heterocycles. The molecule has 0 radical (unpaired) electrons. The smallest absolute Gasteiger partial charge is 0.268 e. The maximum Gasteiger partial charge on any atom is 0.268 e. The third-order valence-corrected chi connectivity index (χ3v) is 18.7. The molecule has 17 atom stereocenters. The summed E-state index contributed by atoms with van der Waals surface area (Å²) < 4.78 is 279. The van der Waals surface area contributed by atoms with Crippen LogP contribution in [0.1, 0.15) is 20.8 Å². The van der Waals surface area contributed by atoms with E-state index in [9.17, 15) is 135 Å². The van der Waals surface area contributed by atoms with Gasteiger partial charge in [0.25, 0.3) is 93.9 Å². The highest BCUT2D eigenvalue weighted by Gasteiger charge is 2.23. The van der Waals surface area contributed by atoms with E-state index in [1.165, 1.54) is 20.8 Å². The highest BCUT2D eigenvalue weighted by molar-refractivity contribution is 7.48. The summed E-state index contributed by atoms with van der Waals surface area (Å²) in [4.78, 5) is 166. The zero-order chi connectivity index (χ0) is 78.4. The molecule has 0 rings (SSSR count). The molecule has 0 saturated heterocycles. The highest BCUT2D eigenvalue weighted by Crippen LogP contribution is 2.46. The average molecular weight is 1730 g/mol. The largest absolute Gasteiger partial charge is 0.756 e. The maximum absolute atomic E-state index is 13.0. The average Bonchev–Trinajstić information content (AvgIpc) is 0.926. The SMILES string of the molecule is CCOP(=O)([O-])OCC(CF)COP(=O)([O-])O.CCOP(=O)([O-])OCC(CF)COP(=O)([O-])O.CCOP(=O)([O-])OCC(CF)COP(=O)([O-])OCCOP(=O)([O-])OCCOP(=O)([O-])OCCOP(=O)([O-])OCCOP(=O)([O-])OCC(CF)COP(=O)([O-])O.O=P([O-])(O)OCC(CO)CF. The zero-order valence-corrected chi connectivity index (χ0v) is 62.5. The number of halogens is 5. The van der Waals surface area contributed by atoms with Gasteiger partial charge in [0.05, 0.1) is 172 Å². The summed E-state index contributed by atoms with van der Waals surface area (Å²) in [5.41, 5.74) is 0. The second-order valence-corrected chi connectivity index (χ2v) is 33.4. The molecule has 0 spiro atoms. The predicted octanol–water partition coefficient (Wildman–Crippen LogP) is -4.15. The lowest BCUT2D eigenvalue weighted by atomic mass is 10.2. The fourth-order valence-electron chi connectivity index (χ4n) is 4.44. The topological polar surface area (TPSA) is 767 Å². The third-order valence-electron chi connectivity index (χ3n) is 8.77. The molecular formula is C34H71F5O49P12-12. The van der Waals surface area contributed by atoms with E-state index in [2.05, 4.69) is 90.5 Å². The highest BCUT2D eigenvalue weighted by atomic mass is 31.2. The summed E-state index contributed by atoms with van der Waals surface area (Å²) in [5.74, 6) is -6.04. The Bertz CT molecular complexity index is 2720. The maximum atomic E-state index is 13.0. The lowest BCUT2D eigenvalue weighted by Gasteiger charge is -2.28. The van der Waals surface area contributed by atoms with Crippen molar-refractivity contribution in [2.75, 3.05) is 172 Å². The van der Waals surface area contributed by atoms with Gasteiger partial charge in [0.15, 0.2) is 0 Å². The number of hydrogen-bond donors (Lipinski definition) is 5. The van der Waals surface area contributed by atoms with Crippen molar-refractivity contribution in [3.8, 4) is 0 Å². The van der Waals surface area contributed by atoms with Crippen molar-refractivity contribution in [1.82, 2.24) is 0 Å². The van der Waals surface area contributed by atoms with Gasteiger partial charge in [-0.15, -0.1) is 0 Å². The molecular weight excluding hydrogens is 1660 g/mol. The number of hydrogen-bond acceptors (Lipinski definition) is 45. The van der Waals surface area contributed by atoms with Crippen molar-refractivity contribution in [3.63, 3.8) is 0 Å². The molecule has 0 bridgehead atoms. The summed E-state index contributed by atoms with van der Waals surface area (Å²) in [5, 5.41) is 8.33. The van der Waals surface area contributed by atoms with Crippen LogP contribution < -0.4 is 58.7 Å². The molecule has 100 heavy (non-hydrogen) atoms. The summed E-state index contributed by atoms with van der Waals surface area (Å²) in [6, 6.07) is 0. The van der Waals surface area contributed by atoms with Crippen molar-refractivity contribution < 1.29 is 251 Å². The van der Waals surface area contributed by atoms with Gasteiger partial charge < -0.3 is 174 Å². The second-order valence-electron chi connectivity index (χ2n) is 17.3. The van der Waals surface area contributed by atoms with E-state index < -0.39 is 276 Å². The normalized spacial score (nSPS) is 20.7. The first-order valence-corrected chi connectivity index (χ1v) is 44.2. The van der Waals surface area contributed by atoms with Crippen molar-refractivity contribution >= 4 is 93.9 Å². The van der Waals surface area contributed by atoms with Crippen molar-refractivity contribution in [2.24, 2.45) is 29.6 Å². The van der Waals surface area contributed by atoms with Gasteiger partial charge in [-0.1, -0.05) is 0 Å². The quantitative estimate of drug-likeness (QED) is 0.0219. The number of rotatable bonds is 59. The molecule has 608 valence electrons. The fourth-order valence-corrected chi connectivity index (χ4v) is 11.9. The van der Waals surface area contributed by atoms with Crippen LogP contribution in [-0.2, 0) is 145 Å². The number of aliphatic hydroxyl groups is 1. The summed E-state index contributed by atoms with van der Waals surface area (Å²) in [6.45, 7) is -17.5. The van der Waals surface area contributed by atoms with Crippen LogP contribution in [0.4, 0.5) is 22.0 Å². The molecule has 0 fully saturated rings. The first-order chi connectivity index (χ1) is 45.6. The van der Waals surface area contributed by atoms with Crippen LogP contribution in [0, 0.1) is 29.6 Å². The molecule has 66 heteroatoms. The standard InChI is InChI=1S/C18H43F2O28P7.2C6H15FO8P2.C4H10FO5P/c1-2-36-50(24,25)46-15-18(12-20)16-48-55(34,35)44-10-8-42-53(30,31)40-6-4-38-51(26,27)37-3-5-39-52(28,29)41-7-9-43-54(32,33)47-14-17(11-19)13-45-49(21,22)23;2*1-2-13-17(11,12)15-5-6(3-7)4-14-16(8,9)10;5-1-4(2-6)3-10-11(7,8)9/h17-18H,2-16H2,1H3,(H,24,25)(H,26,27)(H,28,29)(H,30,31)(H,32,33)(H,34,35)(H2,21,22,23);2*6H,2-5H2,1H3,(H,11,12)(H2,8,9,10);4,6H,1-3H2,(H2,7,8,9)/p-12. The molecule has 49 nitrogen and oxygen atoms in total. The molecule has 0 aromatic heterocycles. The zero-order valence-electron chi connectivity index (χ0n) is 51.7. The molecule has 17 unspecified atom stereocenters. The molecule has 0 saturated carbocycles. The van der Waals surface area contributed by atoms with Crippen LogP contribution in [0.3, 0.4) is 0 Å². The molecule has 0 amide bonds. The molecule has 0 aliphatic heterocycles. The van der Waals surface area contributed by atoms with Crippen molar-refractivity contribution in [2.45, 2.75) is 20.8 Å². The van der Waals surface area contributed by atoms with E-state index in [1.807, 2.05) is 0 Å². The van der Waals surface area contributed by atoms with Crippen LogP contribution >= 0.6 is 93.9 Å². The fraction of sp³-hybridized carbons (Fsp3) is 1.00. The number of phosphoric ester groups is 12. The minimum atomic E-state index is -5.22. The van der Waals surface area contributed by atoms with E-state index in [1.54, 1.807) is 0 Å². The second kappa shape index (κ2) is 54.5. The Hall–Kier alpha value is 0.930. The van der Waals surface area contributed by atoms with E-state index in [4.69, 9.17) is 24.7 Å². The summed E-state index contributed by atoms with van der Waals surface area (Å²) in [7, 11) is -59.7. The molecule has 0 aromatic carbocycles. The van der Waals surface area contributed by atoms with Crippen LogP contribution in [-0.4, -0.2) is 197 Å². The van der Waals surface area contributed by atoms with E-state index >= 15 is 0 Å². The molecule has 5 N–H and O–H groups in total. The summed E-state index contributed by atoms with van der Waals surface area (Å²) in [6.07, 6.45) is 0. The first-order valence-electron chi connectivity index (χ1n) is 26.5. The molecule has 0 aromatic rings. The lowest BCUT2D eigenvalue weighted by Crippen LogP contribution is -2.22. The van der Waals surface area contributed by atoms with E-state index in [0.29, 0.717) is 0 Å². The molecule has 0 aliphatic rings. The molecule has 0 aliphatic carbocycles. The monoisotopic (exact) mass is 1730 g/mol. The number of phosphoric acid groups is 12. The van der Waals surface area contributed by atoms with Gasteiger partial charge in [0.2, 0.25) is 0 Å². The van der Waals surface area contributed by atoms with Gasteiger partial charge in [-0.25, -0.2) is 0 Å². The van der Waals surface area contributed by atoms with Gasteiger partial charge in [-0.2, -0.15) is 0 Å².